The fourth-order valence-corrected chi connectivity index (χ4v) is 3.38. The number of hydrogen-bond donors (Lipinski definition) is 2. The first-order valence-corrected chi connectivity index (χ1v) is 9.56. The van der Waals surface area contributed by atoms with Crippen LogP contribution < -0.4 is 10.6 Å². The van der Waals surface area contributed by atoms with Crippen LogP contribution in [0.15, 0.2) is 48.5 Å². The zero-order valence-corrected chi connectivity index (χ0v) is 16.1. The standard InChI is InChI=1S/C22H23FN2O4/c1-14(21(27)25-19-12-6-8-15-7-2-3-9-16(15)19)29-20(26)13-24-22(28)17-10-4-5-11-18(17)23/h2-5,7,9-11,14,19H,6,8,12-13H2,1H3,(H,24,28)(H,25,27)/t14-,19-/m1/s1. The molecule has 2 N–H and O–H groups in total. The van der Waals surface area contributed by atoms with Gasteiger partial charge in [-0.05, 0) is 49.4 Å². The lowest BCUT2D eigenvalue weighted by molar-refractivity contribution is -0.154. The van der Waals surface area contributed by atoms with Crippen molar-refractivity contribution in [2.45, 2.75) is 38.3 Å². The Labute approximate surface area is 168 Å². The summed E-state index contributed by atoms with van der Waals surface area (Å²) in [6.07, 6.45) is 1.76. The number of aryl methyl sites for hydroxylation is 1. The van der Waals surface area contributed by atoms with Crippen molar-refractivity contribution in [3.05, 3.63) is 71.0 Å². The summed E-state index contributed by atoms with van der Waals surface area (Å²) in [6.45, 7) is 1.01. The zero-order chi connectivity index (χ0) is 20.8. The average Bonchev–Trinajstić information content (AvgIpc) is 2.72. The Hall–Kier alpha value is -3.22. The molecule has 2 atom stereocenters. The van der Waals surface area contributed by atoms with E-state index in [1.807, 2.05) is 18.2 Å². The molecule has 0 saturated heterocycles. The number of fused-ring (bicyclic) bond motifs is 1. The molecule has 0 spiro atoms. The molecule has 0 bridgehead atoms. The number of amides is 2. The second-order valence-corrected chi connectivity index (χ2v) is 6.95. The van der Waals surface area contributed by atoms with Gasteiger partial charge in [0.15, 0.2) is 6.10 Å². The second kappa shape index (κ2) is 9.32. The Balaban J connectivity index is 1.49. The van der Waals surface area contributed by atoms with Crippen LogP contribution >= 0.6 is 0 Å². The lowest BCUT2D eigenvalue weighted by atomic mass is 9.87. The molecule has 3 rings (SSSR count). The van der Waals surface area contributed by atoms with E-state index >= 15 is 0 Å². The van der Waals surface area contributed by atoms with E-state index in [1.165, 1.54) is 30.7 Å². The summed E-state index contributed by atoms with van der Waals surface area (Å²) in [5.41, 5.74) is 2.13. The Morgan fingerprint density at radius 2 is 1.86 bits per heavy atom. The Morgan fingerprint density at radius 3 is 2.66 bits per heavy atom. The first kappa shape index (κ1) is 20.5. The predicted molar refractivity (Wildman–Crippen MR) is 105 cm³/mol. The van der Waals surface area contributed by atoms with E-state index in [0.717, 1.165) is 30.9 Å². The van der Waals surface area contributed by atoms with E-state index in [1.54, 1.807) is 0 Å². The Morgan fingerprint density at radius 1 is 1.14 bits per heavy atom. The van der Waals surface area contributed by atoms with Crippen molar-refractivity contribution >= 4 is 17.8 Å². The SMILES string of the molecule is C[C@@H](OC(=O)CNC(=O)c1ccccc1F)C(=O)N[C@@H]1CCCc2ccccc21. The second-order valence-electron chi connectivity index (χ2n) is 6.95. The van der Waals surface area contributed by atoms with Gasteiger partial charge < -0.3 is 15.4 Å². The van der Waals surface area contributed by atoms with Gasteiger partial charge in [0.2, 0.25) is 0 Å². The number of ether oxygens (including phenoxy) is 1. The fraction of sp³-hybridized carbons (Fsp3) is 0.318. The van der Waals surface area contributed by atoms with Crippen molar-refractivity contribution < 1.29 is 23.5 Å². The molecule has 2 aromatic rings. The summed E-state index contributed by atoms with van der Waals surface area (Å²) in [5.74, 6) is -2.59. The summed E-state index contributed by atoms with van der Waals surface area (Å²) < 4.78 is 18.7. The fourth-order valence-electron chi connectivity index (χ4n) is 3.38. The monoisotopic (exact) mass is 398 g/mol. The molecule has 1 aliphatic rings. The molecule has 6 nitrogen and oxygen atoms in total. The smallest absolute Gasteiger partial charge is 0.326 e. The molecule has 0 aromatic heterocycles. The first-order chi connectivity index (χ1) is 14.0. The zero-order valence-electron chi connectivity index (χ0n) is 16.1. The van der Waals surface area contributed by atoms with E-state index in [2.05, 4.69) is 16.7 Å². The van der Waals surface area contributed by atoms with Crippen molar-refractivity contribution in [2.24, 2.45) is 0 Å². The molecule has 29 heavy (non-hydrogen) atoms. The molecule has 0 aliphatic heterocycles. The van der Waals surface area contributed by atoms with Crippen molar-refractivity contribution in [3.8, 4) is 0 Å². The highest BCUT2D eigenvalue weighted by molar-refractivity contribution is 5.96. The highest BCUT2D eigenvalue weighted by atomic mass is 19.1. The third-order valence-corrected chi connectivity index (χ3v) is 4.88. The van der Waals surface area contributed by atoms with Gasteiger partial charge in [-0.2, -0.15) is 0 Å². The van der Waals surface area contributed by atoms with Gasteiger partial charge >= 0.3 is 5.97 Å². The van der Waals surface area contributed by atoms with Gasteiger partial charge in [-0.15, -0.1) is 0 Å². The van der Waals surface area contributed by atoms with Gasteiger partial charge in [0.05, 0.1) is 11.6 Å². The van der Waals surface area contributed by atoms with Gasteiger partial charge in [0.25, 0.3) is 11.8 Å². The quantitative estimate of drug-likeness (QED) is 0.733. The van der Waals surface area contributed by atoms with Crippen molar-refractivity contribution in [1.82, 2.24) is 10.6 Å². The Kier molecular flexibility index (Phi) is 6.59. The van der Waals surface area contributed by atoms with Crippen LogP contribution in [0.3, 0.4) is 0 Å². The number of benzene rings is 2. The summed E-state index contributed by atoms with van der Waals surface area (Å²) in [7, 11) is 0. The number of esters is 1. The number of halogens is 1. The molecule has 0 fully saturated rings. The predicted octanol–water partition coefficient (Wildman–Crippen LogP) is 2.68. The highest BCUT2D eigenvalue weighted by Crippen LogP contribution is 2.29. The summed E-state index contributed by atoms with van der Waals surface area (Å²) in [5, 5.41) is 5.22. The maximum atomic E-state index is 13.6. The number of carbonyl (C=O) groups is 3. The normalized spacial score (nSPS) is 16.3. The Bertz CT molecular complexity index is 915. The molecule has 0 unspecified atom stereocenters. The minimum absolute atomic E-state index is 0.116. The number of carbonyl (C=O) groups excluding carboxylic acids is 3. The van der Waals surface area contributed by atoms with Gasteiger partial charge in [0, 0.05) is 0 Å². The molecule has 0 saturated carbocycles. The van der Waals surface area contributed by atoms with Crippen LogP contribution in [0.25, 0.3) is 0 Å². The molecule has 2 amide bonds. The van der Waals surface area contributed by atoms with Gasteiger partial charge in [-0.25, -0.2) is 4.39 Å². The minimum Gasteiger partial charge on any atom is -0.451 e. The van der Waals surface area contributed by atoms with E-state index < -0.39 is 36.2 Å². The largest absolute Gasteiger partial charge is 0.451 e. The van der Waals surface area contributed by atoms with Crippen LogP contribution in [0, 0.1) is 5.82 Å². The molecule has 0 heterocycles. The molecule has 0 radical (unpaired) electrons. The van der Waals surface area contributed by atoms with Crippen LogP contribution in [0.1, 0.15) is 47.3 Å². The van der Waals surface area contributed by atoms with E-state index in [0.29, 0.717) is 0 Å². The van der Waals surface area contributed by atoms with Gasteiger partial charge in [-0.3, -0.25) is 14.4 Å². The van der Waals surface area contributed by atoms with E-state index in [9.17, 15) is 18.8 Å². The molecular formula is C22H23FN2O4. The summed E-state index contributed by atoms with van der Waals surface area (Å²) >= 11 is 0. The van der Waals surface area contributed by atoms with Crippen LogP contribution in [-0.2, 0) is 20.7 Å². The molecule has 2 aromatic carbocycles. The average molecular weight is 398 g/mol. The highest BCUT2D eigenvalue weighted by Gasteiger charge is 2.25. The maximum Gasteiger partial charge on any atom is 0.326 e. The van der Waals surface area contributed by atoms with E-state index in [-0.39, 0.29) is 11.6 Å². The van der Waals surface area contributed by atoms with Crippen LogP contribution in [0.4, 0.5) is 4.39 Å². The van der Waals surface area contributed by atoms with Gasteiger partial charge in [-0.1, -0.05) is 36.4 Å². The topological polar surface area (TPSA) is 84.5 Å². The lowest BCUT2D eigenvalue weighted by Crippen LogP contribution is -2.41. The first-order valence-electron chi connectivity index (χ1n) is 9.56. The molecule has 7 heteroatoms. The van der Waals surface area contributed by atoms with Crippen LogP contribution in [0.5, 0.6) is 0 Å². The van der Waals surface area contributed by atoms with Crippen molar-refractivity contribution in [3.63, 3.8) is 0 Å². The lowest BCUT2D eigenvalue weighted by Gasteiger charge is -2.27. The number of nitrogens with one attached hydrogen (secondary N) is 2. The van der Waals surface area contributed by atoms with Crippen molar-refractivity contribution in [1.29, 1.82) is 0 Å². The van der Waals surface area contributed by atoms with E-state index in [4.69, 9.17) is 4.74 Å². The number of rotatable bonds is 6. The molecular weight excluding hydrogens is 375 g/mol. The summed E-state index contributed by atoms with van der Waals surface area (Å²) in [4.78, 5) is 36.3. The summed E-state index contributed by atoms with van der Waals surface area (Å²) in [6, 6.07) is 13.3. The third-order valence-electron chi connectivity index (χ3n) is 4.88. The minimum atomic E-state index is -1.01. The van der Waals surface area contributed by atoms with Crippen molar-refractivity contribution in [2.75, 3.05) is 6.54 Å². The molecule has 1 aliphatic carbocycles. The van der Waals surface area contributed by atoms with Crippen LogP contribution in [-0.4, -0.2) is 30.4 Å². The third kappa shape index (κ3) is 5.19. The maximum absolute atomic E-state index is 13.6. The number of hydrogen-bond acceptors (Lipinski definition) is 4. The van der Waals surface area contributed by atoms with Crippen LogP contribution in [0.2, 0.25) is 0 Å². The molecule has 152 valence electrons. The van der Waals surface area contributed by atoms with Gasteiger partial charge in [0.1, 0.15) is 12.4 Å².